The van der Waals surface area contributed by atoms with Crippen molar-refractivity contribution in [3.8, 4) is 5.75 Å². The summed E-state index contributed by atoms with van der Waals surface area (Å²) in [5, 5.41) is 9.23. The molecule has 0 bridgehead atoms. The summed E-state index contributed by atoms with van der Waals surface area (Å²) in [5.74, 6) is -0.547. The zero-order valence-electron chi connectivity index (χ0n) is 12.7. The number of rotatable bonds is 7. The van der Waals surface area contributed by atoms with Crippen LogP contribution in [0.25, 0.3) is 6.08 Å². The molecule has 2 rings (SSSR count). The van der Waals surface area contributed by atoms with Crippen LogP contribution in [0.3, 0.4) is 0 Å². The average Bonchev–Trinajstić information content (AvgIpc) is 2.58. The third-order valence-corrected chi connectivity index (χ3v) is 3.23. The van der Waals surface area contributed by atoms with Crippen LogP contribution in [0.5, 0.6) is 5.75 Å². The van der Waals surface area contributed by atoms with Crippen molar-refractivity contribution in [2.45, 2.75) is 0 Å². The average molecular weight is 343 g/mol. The fraction of sp³-hybridized carbons (Fsp3) is 0.0526. The molecule has 0 unspecified atom stereocenters. The number of hydrogen-bond acceptors (Lipinski definition) is 3. The number of hydrogen-bond donors (Lipinski definition) is 1. The van der Waals surface area contributed by atoms with Crippen molar-refractivity contribution < 1.29 is 19.4 Å². The maximum absolute atomic E-state index is 12.1. The van der Waals surface area contributed by atoms with Crippen LogP contribution in [0.4, 0.5) is 0 Å². The number of ether oxygens (including phenoxy) is 1. The number of carbonyl (C=O) groups is 2. The third kappa shape index (κ3) is 5.11. The normalized spacial score (nSPS) is 10.5. The van der Waals surface area contributed by atoms with E-state index in [0.29, 0.717) is 16.3 Å². The van der Waals surface area contributed by atoms with E-state index in [-0.39, 0.29) is 18.0 Å². The Bertz CT molecular complexity index is 774. The molecule has 0 radical (unpaired) electrons. The molecular weight excluding hydrogens is 328 g/mol. The second kappa shape index (κ2) is 8.13. The van der Waals surface area contributed by atoms with E-state index in [4.69, 9.17) is 21.4 Å². The van der Waals surface area contributed by atoms with Crippen LogP contribution in [0.2, 0.25) is 0 Å². The fourth-order valence-electron chi connectivity index (χ4n) is 1.88. The first-order valence-corrected chi connectivity index (χ1v) is 7.45. The number of allylic oxidation sites excluding steroid dienone is 1. The highest BCUT2D eigenvalue weighted by Crippen LogP contribution is 2.15. The van der Waals surface area contributed by atoms with E-state index in [2.05, 4.69) is 6.58 Å². The van der Waals surface area contributed by atoms with Gasteiger partial charge in [-0.3, -0.25) is 4.79 Å². The van der Waals surface area contributed by atoms with Gasteiger partial charge in [-0.15, -0.1) is 0 Å². The second-order valence-corrected chi connectivity index (χ2v) is 5.49. The van der Waals surface area contributed by atoms with Gasteiger partial charge in [0.2, 0.25) is 0 Å². The molecule has 2 aromatic carbocycles. The van der Waals surface area contributed by atoms with Crippen LogP contribution in [0.1, 0.15) is 26.3 Å². The van der Waals surface area contributed by atoms with Crippen LogP contribution < -0.4 is 4.74 Å². The number of carbonyl (C=O) groups excluding carboxylic acids is 1. The topological polar surface area (TPSA) is 63.6 Å². The van der Waals surface area contributed by atoms with Crippen molar-refractivity contribution in [1.29, 1.82) is 0 Å². The van der Waals surface area contributed by atoms with E-state index in [1.807, 2.05) is 0 Å². The van der Waals surface area contributed by atoms with Crippen molar-refractivity contribution in [2.75, 3.05) is 6.61 Å². The number of aromatic carboxylic acids is 1. The molecule has 0 aliphatic heterocycles. The Morgan fingerprint density at radius 3 is 2.17 bits per heavy atom. The highest BCUT2D eigenvalue weighted by atomic mass is 35.5. The number of carboxylic acids is 1. The summed E-state index contributed by atoms with van der Waals surface area (Å²) < 4.78 is 5.35. The molecule has 0 spiro atoms. The lowest BCUT2D eigenvalue weighted by atomic mass is 10.1. The Kier molecular flexibility index (Phi) is 5.93. The summed E-state index contributed by atoms with van der Waals surface area (Å²) in [7, 11) is 0. The Hall–Kier alpha value is -2.85. The lowest BCUT2D eigenvalue weighted by molar-refractivity contribution is 0.0696. The molecule has 0 aromatic heterocycles. The molecule has 0 saturated heterocycles. The number of halogens is 1. The van der Waals surface area contributed by atoms with E-state index in [1.54, 1.807) is 42.5 Å². The minimum Gasteiger partial charge on any atom is -0.488 e. The molecule has 0 heterocycles. The molecule has 2 aromatic rings. The molecule has 0 fully saturated rings. The van der Waals surface area contributed by atoms with E-state index in [9.17, 15) is 9.59 Å². The molecule has 24 heavy (non-hydrogen) atoms. The van der Waals surface area contributed by atoms with Gasteiger partial charge in [0.05, 0.1) is 5.56 Å². The van der Waals surface area contributed by atoms with Crippen molar-refractivity contribution in [3.63, 3.8) is 0 Å². The van der Waals surface area contributed by atoms with Crippen molar-refractivity contribution in [1.82, 2.24) is 0 Å². The molecule has 5 heteroatoms. The first-order chi connectivity index (χ1) is 11.5. The predicted molar refractivity (Wildman–Crippen MR) is 93.7 cm³/mol. The minimum absolute atomic E-state index is 0.161. The predicted octanol–water partition coefficient (Wildman–Crippen LogP) is 4.41. The molecule has 0 aliphatic carbocycles. The first kappa shape index (κ1) is 17.5. The first-order valence-electron chi connectivity index (χ1n) is 7.07. The monoisotopic (exact) mass is 342 g/mol. The van der Waals surface area contributed by atoms with E-state index in [1.165, 1.54) is 18.2 Å². The molecule has 0 saturated carbocycles. The summed E-state index contributed by atoms with van der Waals surface area (Å²) in [6, 6.07) is 12.9. The van der Waals surface area contributed by atoms with Gasteiger partial charge in [-0.05, 0) is 48.0 Å². The molecule has 0 aliphatic rings. The molecule has 1 N–H and O–H groups in total. The SMILES string of the molecule is C=C(Cl)COc1ccc(C(=O)/C=C/c2ccc(C(=O)O)cc2)cc1. The van der Waals surface area contributed by atoms with E-state index >= 15 is 0 Å². The number of carboxylic acid groups (broad SMARTS) is 1. The van der Waals surface area contributed by atoms with Crippen LogP contribution in [0.15, 0.2) is 66.2 Å². The lowest BCUT2D eigenvalue weighted by Gasteiger charge is -2.05. The Labute approximate surface area is 144 Å². The maximum Gasteiger partial charge on any atom is 0.335 e. The fourth-order valence-corrected chi connectivity index (χ4v) is 1.94. The van der Waals surface area contributed by atoms with Gasteiger partial charge in [0, 0.05) is 10.6 Å². The van der Waals surface area contributed by atoms with Gasteiger partial charge in [0.25, 0.3) is 0 Å². The zero-order valence-corrected chi connectivity index (χ0v) is 13.5. The van der Waals surface area contributed by atoms with Crippen LogP contribution in [-0.4, -0.2) is 23.5 Å². The van der Waals surface area contributed by atoms with Gasteiger partial charge < -0.3 is 9.84 Å². The van der Waals surface area contributed by atoms with Crippen LogP contribution in [0, 0.1) is 0 Å². The quantitative estimate of drug-likeness (QED) is 0.598. The summed E-state index contributed by atoms with van der Waals surface area (Å²) in [6.07, 6.45) is 3.07. The number of benzene rings is 2. The Morgan fingerprint density at radius 2 is 1.62 bits per heavy atom. The van der Waals surface area contributed by atoms with Gasteiger partial charge in [-0.1, -0.05) is 36.4 Å². The highest BCUT2D eigenvalue weighted by molar-refractivity contribution is 6.29. The molecular formula is C19H15ClO4. The molecule has 122 valence electrons. The summed E-state index contributed by atoms with van der Waals surface area (Å²) in [6.45, 7) is 3.74. The summed E-state index contributed by atoms with van der Waals surface area (Å²) in [5.41, 5.74) is 1.47. The second-order valence-electron chi connectivity index (χ2n) is 4.96. The summed E-state index contributed by atoms with van der Waals surface area (Å²) in [4.78, 5) is 22.9. The third-order valence-electron chi connectivity index (χ3n) is 3.12. The minimum atomic E-state index is -0.985. The van der Waals surface area contributed by atoms with E-state index < -0.39 is 5.97 Å². The van der Waals surface area contributed by atoms with E-state index in [0.717, 1.165) is 5.56 Å². The van der Waals surface area contributed by atoms with Gasteiger partial charge in [-0.25, -0.2) is 4.79 Å². The molecule has 4 nitrogen and oxygen atoms in total. The smallest absolute Gasteiger partial charge is 0.335 e. The maximum atomic E-state index is 12.1. The highest BCUT2D eigenvalue weighted by Gasteiger charge is 2.04. The number of ketones is 1. The van der Waals surface area contributed by atoms with Gasteiger partial charge in [-0.2, -0.15) is 0 Å². The van der Waals surface area contributed by atoms with Gasteiger partial charge in [0.1, 0.15) is 12.4 Å². The zero-order chi connectivity index (χ0) is 17.5. The summed E-state index contributed by atoms with van der Waals surface area (Å²) >= 11 is 5.62. The van der Waals surface area contributed by atoms with Crippen molar-refractivity contribution in [2.24, 2.45) is 0 Å². The molecule has 0 amide bonds. The van der Waals surface area contributed by atoms with Crippen molar-refractivity contribution in [3.05, 3.63) is 82.9 Å². The largest absolute Gasteiger partial charge is 0.488 e. The van der Waals surface area contributed by atoms with Gasteiger partial charge >= 0.3 is 5.97 Å². The van der Waals surface area contributed by atoms with Crippen molar-refractivity contribution >= 4 is 29.4 Å². The standard InChI is InChI=1S/C19H15ClO4/c1-13(20)12-24-17-9-7-15(8-10-17)18(21)11-4-14-2-5-16(6-3-14)19(22)23/h2-11H,1,12H2,(H,22,23)/b11-4+. The molecule has 0 atom stereocenters. The van der Waals surface area contributed by atoms with Gasteiger partial charge in [0.15, 0.2) is 5.78 Å². The van der Waals surface area contributed by atoms with Crippen LogP contribution >= 0.6 is 11.6 Å². The Morgan fingerprint density at radius 1 is 1.04 bits per heavy atom. The van der Waals surface area contributed by atoms with Crippen LogP contribution in [-0.2, 0) is 0 Å². The Balaban J connectivity index is 2.00. The lowest BCUT2D eigenvalue weighted by Crippen LogP contribution is -1.98.